The third-order valence-electron chi connectivity index (χ3n) is 4.71. The quantitative estimate of drug-likeness (QED) is 0.666. The van der Waals surface area contributed by atoms with Crippen LogP contribution in [-0.4, -0.2) is 17.7 Å². The molecule has 0 atom stereocenters. The second-order valence-corrected chi connectivity index (χ2v) is 6.33. The Labute approximate surface area is 143 Å². The number of benzene rings is 2. The fourth-order valence-corrected chi connectivity index (χ4v) is 3.28. The lowest BCUT2D eigenvalue weighted by Gasteiger charge is -2.26. The topological polar surface area (TPSA) is 52.6 Å². The lowest BCUT2D eigenvalue weighted by Crippen LogP contribution is -2.24. The molecule has 0 saturated heterocycles. The molecule has 126 valence electrons. The second-order valence-electron chi connectivity index (χ2n) is 6.33. The molecule has 3 rings (SSSR count). The Balaban J connectivity index is 1.83. The largest absolute Gasteiger partial charge is 0.367 e. The van der Waals surface area contributed by atoms with Crippen molar-refractivity contribution in [1.29, 1.82) is 0 Å². The molecule has 0 radical (unpaired) electrons. The van der Waals surface area contributed by atoms with Crippen LogP contribution in [-0.2, 0) is 19.4 Å². The van der Waals surface area contributed by atoms with Crippen LogP contribution in [0.4, 0.5) is 5.69 Å². The number of fused-ring (bicyclic) bond motifs is 1. The Morgan fingerprint density at radius 2 is 1.88 bits per heavy atom. The number of nitrogens with zero attached hydrogens (tertiary/aromatic N) is 1. The summed E-state index contributed by atoms with van der Waals surface area (Å²) in [5.74, 6) is -0.478. The van der Waals surface area contributed by atoms with E-state index in [9.17, 15) is 4.79 Å². The number of nitrogens with one attached hydrogen (secondary N) is 1. The van der Waals surface area contributed by atoms with Gasteiger partial charge in [-0.25, -0.2) is 5.48 Å². The number of carbonyl (C=O) groups is 1. The van der Waals surface area contributed by atoms with Crippen molar-refractivity contribution < 1.29 is 10.0 Å². The van der Waals surface area contributed by atoms with Crippen molar-refractivity contribution in [3.05, 3.63) is 64.7 Å². The Bertz CT molecular complexity index is 710. The van der Waals surface area contributed by atoms with Gasteiger partial charge in [0.25, 0.3) is 5.91 Å². The Hall–Kier alpha value is -2.33. The zero-order valence-corrected chi connectivity index (χ0v) is 14.1. The van der Waals surface area contributed by atoms with Crippen molar-refractivity contribution in [2.24, 2.45) is 0 Å². The predicted octanol–water partition coefficient (Wildman–Crippen LogP) is 3.71. The van der Waals surface area contributed by atoms with E-state index in [1.54, 1.807) is 17.6 Å². The number of aryl methyl sites for hydroxylation is 2. The average molecular weight is 324 g/mol. The molecule has 4 nitrogen and oxygen atoms in total. The Morgan fingerprint density at radius 3 is 2.58 bits per heavy atom. The van der Waals surface area contributed by atoms with Crippen LogP contribution in [0.5, 0.6) is 0 Å². The highest BCUT2D eigenvalue weighted by molar-refractivity contribution is 5.93. The van der Waals surface area contributed by atoms with Crippen LogP contribution in [0.15, 0.2) is 42.5 Å². The van der Waals surface area contributed by atoms with E-state index in [0.717, 1.165) is 25.9 Å². The summed E-state index contributed by atoms with van der Waals surface area (Å²) in [6.07, 6.45) is 4.61. The van der Waals surface area contributed by atoms with Crippen LogP contribution in [0.25, 0.3) is 0 Å². The van der Waals surface area contributed by atoms with Crippen LogP contribution in [0.1, 0.15) is 46.8 Å². The van der Waals surface area contributed by atoms with Crippen molar-refractivity contribution in [2.75, 3.05) is 11.4 Å². The summed E-state index contributed by atoms with van der Waals surface area (Å²) in [4.78, 5) is 13.9. The zero-order valence-electron chi connectivity index (χ0n) is 14.1. The van der Waals surface area contributed by atoms with Crippen LogP contribution in [0, 0.1) is 0 Å². The highest BCUT2D eigenvalue weighted by Crippen LogP contribution is 2.29. The van der Waals surface area contributed by atoms with E-state index >= 15 is 0 Å². The van der Waals surface area contributed by atoms with Gasteiger partial charge in [0, 0.05) is 24.3 Å². The predicted molar refractivity (Wildman–Crippen MR) is 95.5 cm³/mol. The minimum Gasteiger partial charge on any atom is -0.367 e. The van der Waals surface area contributed by atoms with Gasteiger partial charge in [-0.1, -0.05) is 31.2 Å². The summed E-state index contributed by atoms with van der Waals surface area (Å²) in [6, 6.07) is 14.3. The van der Waals surface area contributed by atoms with E-state index in [1.165, 1.54) is 35.2 Å². The first-order valence-corrected chi connectivity index (χ1v) is 8.61. The van der Waals surface area contributed by atoms with Gasteiger partial charge < -0.3 is 4.90 Å². The third kappa shape index (κ3) is 3.60. The standard InChI is InChI=1S/C20H24N2O2/c1-2-15-6-9-17-5-3-4-12-22(19(17)13-15)14-16-7-10-18(11-8-16)20(23)21-24/h6-11,13,24H,2-5,12,14H2,1H3,(H,21,23). The highest BCUT2D eigenvalue weighted by Gasteiger charge is 2.16. The molecule has 0 spiro atoms. The molecular weight excluding hydrogens is 300 g/mol. The Morgan fingerprint density at radius 1 is 1.12 bits per heavy atom. The van der Waals surface area contributed by atoms with Crippen molar-refractivity contribution >= 4 is 11.6 Å². The van der Waals surface area contributed by atoms with E-state index in [0.29, 0.717) is 5.56 Å². The summed E-state index contributed by atoms with van der Waals surface area (Å²) in [5.41, 5.74) is 7.45. The summed E-state index contributed by atoms with van der Waals surface area (Å²) in [7, 11) is 0. The summed E-state index contributed by atoms with van der Waals surface area (Å²) < 4.78 is 0. The van der Waals surface area contributed by atoms with Crippen LogP contribution in [0.2, 0.25) is 0 Å². The molecule has 1 heterocycles. The van der Waals surface area contributed by atoms with Crippen molar-refractivity contribution in [3.8, 4) is 0 Å². The SMILES string of the molecule is CCc1ccc2c(c1)N(Cc1ccc(C(=O)NO)cc1)CCCC2. The molecule has 2 aromatic rings. The van der Waals surface area contributed by atoms with Gasteiger partial charge in [0.2, 0.25) is 0 Å². The van der Waals surface area contributed by atoms with Gasteiger partial charge in [-0.3, -0.25) is 10.0 Å². The van der Waals surface area contributed by atoms with Crippen molar-refractivity contribution in [1.82, 2.24) is 5.48 Å². The van der Waals surface area contributed by atoms with Crippen LogP contribution >= 0.6 is 0 Å². The minimum atomic E-state index is -0.478. The van der Waals surface area contributed by atoms with Gasteiger partial charge in [0.1, 0.15) is 0 Å². The summed E-state index contributed by atoms with van der Waals surface area (Å²) >= 11 is 0. The fraction of sp³-hybridized carbons (Fsp3) is 0.350. The van der Waals surface area contributed by atoms with Crippen LogP contribution < -0.4 is 10.4 Å². The van der Waals surface area contributed by atoms with Gasteiger partial charge in [-0.2, -0.15) is 0 Å². The number of anilines is 1. The normalized spacial score (nSPS) is 14.0. The van der Waals surface area contributed by atoms with E-state index in [-0.39, 0.29) is 0 Å². The summed E-state index contributed by atoms with van der Waals surface area (Å²) in [5, 5.41) is 8.70. The monoisotopic (exact) mass is 324 g/mol. The number of hydrogen-bond donors (Lipinski definition) is 2. The van der Waals surface area contributed by atoms with E-state index in [1.807, 2.05) is 12.1 Å². The van der Waals surface area contributed by atoms with Gasteiger partial charge in [-0.05, 0) is 60.6 Å². The third-order valence-corrected chi connectivity index (χ3v) is 4.71. The lowest BCUT2D eigenvalue weighted by atomic mass is 10.0. The van der Waals surface area contributed by atoms with Gasteiger partial charge in [0.15, 0.2) is 0 Å². The van der Waals surface area contributed by atoms with Crippen molar-refractivity contribution in [2.45, 2.75) is 39.2 Å². The molecule has 4 heteroatoms. The number of carbonyl (C=O) groups excluding carboxylic acids is 1. The zero-order chi connectivity index (χ0) is 16.9. The number of amides is 1. The molecule has 2 N–H and O–H groups in total. The molecule has 1 amide bonds. The molecule has 0 unspecified atom stereocenters. The molecule has 0 saturated carbocycles. The first-order chi connectivity index (χ1) is 11.7. The van der Waals surface area contributed by atoms with Crippen molar-refractivity contribution in [3.63, 3.8) is 0 Å². The molecular formula is C20H24N2O2. The molecule has 1 aliphatic rings. The maximum absolute atomic E-state index is 11.4. The van der Waals surface area contributed by atoms with E-state index in [4.69, 9.17) is 5.21 Å². The number of hydrogen-bond acceptors (Lipinski definition) is 3. The second kappa shape index (κ2) is 7.49. The first kappa shape index (κ1) is 16.5. The smallest absolute Gasteiger partial charge is 0.274 e. The molecule has 0 aliphatic carbocycles. The van der Waals surface area contributed by atoms with E-state index < -0.39 is 5.91 Å². The highest BCUT2D eigenvalue weighted by atomic mass is 16.5. The van der Waals surface area contributed by atoms with Gasteiger partial charge in [-0.15, -0.1) is 0 Å². The average Bonchev–Trinajstić information content (AvgIpc) is 2.83. The molecule has 24 heavy (non-hydrogen) atoms. The minimum absolute atomic E-state index is 0.464. The summed E-state index contributed by atoms with van der Waals surface area (Å²) in [6.45, 7) is 4.08. The number of rotatable bonds is 4. The maximum atomic E-state index is 11.4. The molecule has 0 fully saturated rings. The van der Waals surface area contributed by atoms with Gasteiger partial charge >= 0.3 is 0 Å². The van der Waals surface area contributed by atoms with Gasteiger partial charge in [0.05, 0.1) is 0 Å². The van der Waals surface area contributed by atoms with E-state index in [2.05, 4.69) is 30.0 Å². The first-order valence-electron chi connectivity index (χ1n) is 8.61. The molecule has 1 aliphatic heterocycles. The van der Waals surface area contributed by atoms with Crippen LogP contribution in [0.3, 0.4) is 0 Å². The lowest BCUT2D eigenvalue weighted by molar-refractivity contribution is 0.0706. The molecule has 0 aromatic heterocycles. The Kier molecular flexibility index (Phi) is 5.16. The maximum Gasteiger partial charge on any atom is 0.274 e. The fourth-order valence-electron chi connectivity index (χ4n) is 3.28. The molecule has 0 bridgehead atoms. The molecule has 2 aromatic carbocycles. The number of hydroxylamine groups is 1.